The molecule has 0 aromatic heterocycles. The van der Waals surface area contributed by atoms with Crippen LogP contribution < -0.4 is 29.6 Å². The van der Waals surface area contributed by atoms with Crippen molar-refractivity contribution < 1.29 is 35.8 Å². The smallest absolute Gasteiger partial charge is 1.00 e. The Hall–Kier alpha value is 0.530. The Morgan fingerprint density at radius 3 is 2.36 bits per heavy atom. The van der Waals surface area contributed by atoms with Gasteiger partial charge in [0.2, 0.25) is 0 Å². The third kappa shape index (κ3) is 3.18. The van der Waals surface area contributed by atoms with E-state index in [1.54, 1.807) is 24.3 Å². The van der Waals surface area contributed by atoms with Gasteiger partial charge in [0, 0.05) is 10.5 Å². The Kier molecular flexibility index (Phi) is 5.48. The predicted molar refractivity (Wildman–Crippen MR) is 45.0 cm³/mol. The van der Waals surface area contributed by atoms with Crippen molar-refractivity contribution in [2.45, 2.75) is 4.90 Å². The first-order valence-electron chi connectivity index (χ1n) is 2.69. The normalized spacial score (nSPS) is 8.55. The second-order valence-electron chi connectivity index (χ2n) is 1.79. The monoisotopic (exact) mass is 196 g/mol. The minimum absolute atomic E-state index is 0. The number of thiol groups is 1. The fourth-order valence-electron chi connectivity index (χ4n) is 0.640. The van der Waals surface area contributed by atoms with Crippen molar-refractivity contribution in [3.8, 4) is 0 Å². The van der Waals surface area contributed by atoms with Gasteiger partial charge in [-0.15, -0.1) is 12.6 Å². The van der Waals surface area contributed by atoms with Gasteiger partial charge >= 0.3 is 29.6 Å². The Labute approximate surface area is 99.3 Å². The van der Waals surface area contributed by atoms with Crippen LogP contribution in [0.25, 0.3) is 0 Å². The van der Waals surface area contributed by atoms with E-state index in [2.05, 4.69) is 12.6 Å². The number of carbonyl (C=O) groups excluding carboxylic acids is 1. The Bertz CT molecular complexity index is 269. The van der Waals surface area contributed by atoms with Gasteiger partial charge in [0.1, 0.15) is 0 Å². The first kappa shape index (κ1) is 11.5. The Morgan fingerprint density at radius 2 is 2.00 bits per heavy atom. The van der Waals surface area contributed by atoms with E-state index in [0.717, 1.165) is 0 Å². The van der Waals surface area contributed by atoms with Crippen LogP contribution in [0.3, 0.4) is 0 Å². The summed E-state index contributed by atoms with van der Waals surface area (Å²) in [6, 6.07) is 6.90. The van der Waals surface area contributed by atoms with E-state index < -0.39 is 5.24 Å². The van der Waals surface area contributed by atoms with Crippen LogP contribution >= 0.6 is 24.2 Å². The molecule has 0 heterocycles. The number of halogens is 1. The van der Waals surface area contributed by atoms with Crippen molar-refractivity contribution in [1.82, 2.24) is 0 Å². The van der Waals surface area contributed by atoms with Gasteiger partial charge in [-0.2, -0.15) is 0 Å². The molecule has 1 aromatic carbocycles. The molecule has 0 fully saturated rings. The summed E-state index contributed by atoms with van der Waals surface area (Å²) in [7, 11) is 0. The largest absolute Gasteiger partial charge is 1.00 e. The van der Waals surface area contributed by atoms with Crippen LogP contribution in [0.4, 0.5) is 0 Å². The minimum Gasteiger partial charge on any atom is -1.00 e. The topological polar surface area (TPSA) is 17.1 Å². The molecular formula is C7H6ClNaOS. The van der Waals surface area contributed by atoms with Crippen molar-refractivity contribution >= 4 is 29.5 Å². The summed E-state index contributed by atoms with van der Waals surface area (Å²) < 4.78 is 0. The minimum atomic E-state index is -0.467. The maximum atomic E-state index is 10.6. The summed E-state index contributed by atoms with van der Waals surface area (Å²) in [6.07, 6.45) is 0. The summed E-state index contributed by atoms with van der Waals surface area (Å²) in [6.45, 7) is 0. The maximum Gasteiger partial charge on any atom is 1.00 e. The van der Waals surface area contributed by atoms with E-state index in [4.69, 9.17) is 11.6 Å². The van der Waals surface area contributed by atoms with Crippen molar-refractivity contribution in [3.05, 3.63) is 29.8 Å². The second kappa shape index (κ2) is 5.22. The van der Waals surface area contributed by atoms with E-state index in [9.17, 15) is 4.79 Å². The number of hydrogen-bond donors (Lipinski definition) is 1. The summed E-state index contributed by atoms with van der Waals surface area (Å²) >= 11 is 9.25. The van der Waals surface area contributed by atoms with Crippen molar-refractivity contribution in [2.24, 2.45) is 0 Å². The Morgan fingerprint density at radius 1 is 1.45 bits per heavy atom. The van der Waals surface area contributed by atoms with E-state index in [1.807, 2.05) is 0 Å². The summed E-state index contributed by atoms with van der Waals surface area (Å²) in [5.41, 5.74) is 0.451. The van der Waals surface area contributed by atoms with E-state index >= 15 is 0 Å². The fraction of sp³-hybridized carbons (Fsp3) is 0. The summed E-state index contributed by atoms with van der Waals surface area (Å²) in [5, 5.41) is -0.467. The number of benzene rings is 1. The van der Waals surface area contributed by atoms with Gasteiger partial charge in [-0.3, -0.25) is 4.79 Å². The molecule has 1 rings (SSSR count). The van der Waals surface area contributed by atoms with Crippen LogP contribution in [0.5, 0.6) is 0 Å². The van der Waals surface area contributed by atoms with Gasteiger partial charge in [-0.05, 0) is 23.7 Å². The molecule has 0 aliphatic heterocycles. The summed E-state index contributed by atoms with van der Waals surface area (Å²) in [5.74, 6) is 0. The van der Waals surface area contributed by atoms with Crippen LogP contribution in [0.15, 0.2) is 29.2 Å². The number of carbonyl (C=O) groups is 1. The molecule has 0 saturated heterocycles. The van der Waals surface area contributed by atoms with Gasteiger partial charge in [-0.25, -0.2) is 0 Å². The Balaban J connectivity index is 0. The van der Waals surface area contributed by atoms with Crippen LogP contribution in [0, 0.1) is 0 Å². The molecule has 0 amide bonds. The van der Waals surface area contributed by atoms with Gasteiger partial charge in [0.15, 0.2) is 0 Å². The third-order valence-corrected chi connectivity index (χ3v) is 1.71. The van der Waals surface area contributed by atoms with E-state index in [-0.39, 0.29) is 31.0 Å². The molecule has 0 N–H and O–H groups in total. The molecule has 0 unspecified atom stereocenters. The van der Waals surface area contributed by atoms with E-state index in [0.29, 0.717) is 10.5 Å². The van der Waals surface area contributed by atoms with Crippen molar-refractivity contribution in [2.75, 3.05) is 0 Å². The maximum absolute atomic E-state index is 10.6. The molecule has 4 heteroatoms. The fourth-order valence-corrected chi connectivity index (χ4v) is 1.13. The predicted octanol–water partition coefficient (Wildman–Crippen LogP) is -0.529. The average molecular weight is 197 g/mol. The molecule has 0 spiro atoms. The molecule has 0 atom stereocenters. The van der Waals surface area contributed by atoms with Crippen LogP contribution in [0.2, 0.25) is 0 Å². The quantitative estimate of drug-likeness (QED) is 0.363. The molecule has 0 radical (unpaired) electrons. The molecule has 54 valence electrons. The number of hydrogen-bond acceptors (Lipinski definition) is 2. The zero-order valence-electron chi connectivity index (χ0n) is 7.04. The van der Waals surface area contributed by atoms with Crippen molar-refractivity contribution in [3.63, 3.8) is 0 Å². The van der Waals surface area contributed by atoms with Gasteiger partial charge in [-0.1, -0.05) is 12.1 Å². The standard InChI is InChI=1S/C7H5ClOS.Na.H/c8-7(9)5-3-1-2-4-6(5)10;;/h1-4,10H;;/q;+1;-1. The van der Waals surface area contributed by atoms with Gasteiger partial charge in [0.25, 0.3) is 5.24 Å². The van der Waals surface area contributed by atoms with Crippen LogP contribution in [0.1, 0.15) is 11.8 Å². The zero-order valence-corrected chi connectivity index (χ0v) is 9.69. The third-order valence-electron chi connectivity index (χ3n) is 1.12. The molecule has 0 bridgehead atoms. The molecule has 1 nitrogen and oxygen atoms in total. The molecule has 11 heavy (non-hydrogen) atoms. The SMILES string of the molecule is O=C(Cl)c1ccccc1S.[H-].[Na+]. The van der Waals surface area contributed by atoms with E-state index in [1.165, 1.54) is 0 Å². The summed E-state index contributed by atoms with van der Waals surface area (Å²) in [4.78, 5) is 11.2. The molecule has 0 aliphatic rings. The molecule has 0 saturated carbocycles. The first-order chi connectivity index (χ1) is 4.72. The average Bonchev–Trinajstić information content (AvgIpc) is 1.88. The van der Waals surface area contributed by atoms with Gasteiger partial charge < -0.3 is 1.43 Å². The van der Waals surface area contributed by atoms with Gasteiger partial charge in [0.05, 0.1) is 0 Å². The van der Waals surface area contributed by atoms with Crippen molar-refractivity contribution in [1.29, 1.82) is 0 Å². The number of rotatable bonds is 1. The molecular weight excluding hydrogens is 191 g/mol. The molecule has 0 aliphatic carbocycles. The zero-order chi connectivity index (χ0) is 7.56. The molecule has 1 aromatic rings. The second-order valence-corrected chi connectivity index (χ2v) is 2.62. The first-order valence-corrected chi connectivity index (χ1v) is 3.52. The van der Waals surface area contributed by atoms with Crippen LogP contribution in [-0.4, -0.2) is 5.24 Å². The van der Waals surface area contributed by atoms with Crippen LogP contribution in [-0.2, 0) is 0 Å².